The molecular weight excluding hydrogens is 307 g/mol. The third-order valence-corrected chi connectivity index (χ3v) is 4.67. The van der Waals surface area contributed by atoms with E-state index in [2.05, 4.69) is 16.8 Å². The Labute approximate surface area is 140 Å². The van der Waals surface area contributed by atoms with Crippen LogP contribution in [0.25, 0.3) is 0 Å². The highest BCUT2D eigenvalue weighted by molar-refractivity contribution is 5.70. The molecule has 1 aromatic heterocycles. The second-order valence-electron chi connectivity index (χ2n) is 6.24. The molecule has 0 spiro atoms. The van der Waals surface area contributed by atoms with Crippen LogP contribution in [0.3, 0.4) is 0 Å². The van der Waals surface area contributed by atoms with Gasteiger partial charge in [-0.3, -0.25) is 4.79 Å². The first kappa shape index (κ1) is 16.3. The number of rotatable bonds is 2. The SMILES string of the molecule is Cn1ccnc1C#Cc1ccccc1C1(F)CCC(C(=O)O)CC1. The number of halogens is 1. The van der Waals surface area contributed by atoms with Gasteiger partial charge in [0.05, 0.1) is 5.92 Å². The molecule has 0 bridgehead atoms. The summed E-state index contributed by atoms with van der Waals surface area (Å²) in [6, 6.07) is 7.18. The average molecular weight is 326 g/mol. The van der Waals surface area contributed by atoms with Gasteiger partial charge in [-0.15, -0.1) is 0 Å². The molecule has 0 radical (unpaired) electrons. The number of carbonyl (C=O) groups is 1. The number of aliphatic carboxylic acids is 1. The summed E-state index contributed by atoms with van der Waals surface area (Å²) >= 11 is 0. The molecule has 0 unspecified atom stereocenters. The van der Waals surface area contributed by atoms with E-state index >= 15 is 4.39 Å². The quantitative estimate of drug-likeness (QED) is 0.862. The van der Waals surface area contributed by atoms with E-state index in [0.29, 0.717) is 29.8 Å². The Balaban J connectivity index is 1.89. The second-order valence-corrected chi connectivity index (χ2v) is 6.24. The molecule has 0 atom stereocenters. The number of alkyl halides is 1. The minimum absolute atomic E-state index is 0.213. The summed E-state index contributed by atoms with van der Waals surface area (Å²) in [6.07, 6.45) is 4.61. The van der Waals surface area contributed by atoms with Gasteiger partial charge >= 0.3 is 5.97 Å². The predicted octanol–water partition coefficient (Wildman–Crippen LogP) is 3.26. The monoisotopic (exact) mass is 326 g/mol. The highest BCUT2D eigenvalue weighted by atomic mass is 19.1. The smallest absolute Gasteiger partial charge is 0.306 e. The number of aryl methyl sites for hydroxylation is 1. The maximum atomic E-state index is 15.5. The van der Waals surface area contributed by atoms with E-state index < -0.39 is 17.6 Å². The predicted molar refractivity (Wildman–Crippen MR) is 88.0 cm³/mol. The van der Waals surface area contributed by atoms with Crippen molar-refractivity contribution in [2.45, 2.75) is 31.4 Å². The maximum Gasteiger partial charge on any atom is 0.306 e. The maximum absolute atomic E-state index is 15.5. The van der Waals surface area contributed by atoms with Crippen molar-refractivity contribution in [3.63, 3.8) is 0 Å². The molecule has 124 valence electrons. The third-order valence-electron chi connectivity index (χ3n) is 4.67. The van der Waals surface area contributed by atoms with E-state index in [4.69, 9.17) is 5.11 Å². The number of imidazole rings is 1. The largest absolute Gasteiger partial charge is 0.481 e. The van der Waals surface area contributed by atoms with E-state index in [9.17, 15) is 4.79 Å². The van der Waals surface area contributed by atoms with Crippen LogP contribution in [0.15, 0.2) is 36.7 Å². The minimum Gasteiger partial charge on any atom is -0.481 e. The van der Waals surface area contributed by atoms with Crippen molar-refractivity contribution in [2.75, 3.05) is 0 Å². The van der Waals surface area contributed by atoms with Crippen molar-refractivity contribution in [2.24, 2.45) is 13.0 Å². The Hall–Kier alpha value is -2.61. The van der Waals surface area contributed by atoms with Crippen LogP contribution in [0.5, 0.6) is 0 Å². The van der Waals surface area contributed by atoms with Crippen molar-refractivity contribution < 1.29 is 14.3 Å². The van der Waals surface area contributed by atoms with Gasteiger partial charge in [0.15, 0.2) is 5.82 Å². The summed E-state index contributed by atoms with van der Waals surface area (Å²) in [5.41, 5.74) is -0.328. The normalized spacial score (nSPS) is 23.3. The van der Waals surface area contributed by atoms with Gasteiger partial charge in [0, 0.05) is 30.6 Å². The first-order chi connectivity index (χ1) is 11.5. The minimum atomic E-state index is -1.52. The van der Waals surface area contributed by atoms with Crippen LogP contribution in [-0.2, 0) is 17.5 Å². The van der Waals surface area contributed by atoms with Gasteiger partial charge in [-0.2, -0.15) is 0 Å². The average Bonchev–Trinajstić information content (AvgIpc) is 2.99. The molecule has 1 aromatic carbocycles. The number of carboxylic acid groups (broad SMARTS) is 1. The van der Waals surface area contributed by atoms with Gasteiger partial charge in [-0.25, -0.2) is 9.37 Å². The number of carboxylic acids is 1. The molecule has 2 aromatic rings. The number of benzene rings is 1. The molecule has 1 aliphatic carbocycles. The van der Waals surface area contributed by atoms with E-state index in [1.165, 1.54) is 0 Å². The molecule has 1 N–H and O–H groups in total. The van der Waals surface area contributed by atoms with Crippen LogP contribution < -0.4 is 0 Å². The molecule has 0 amide bonds. The number of hydrogen-bond donors (Lipinski definition) is 1. The van der Waals surface area contributed by atoms with Gasteiger partial charge in [-0.1, -0.05) is 24.1 Å². The second kappa shape index (κ2) is 6.48. The Bertz CT molecular complexity index is 808. The Kier molecular flexibility index (Phi) is 4.39. The summed E-state index contributed by atoms with van der Waals surface area (Å²) < 4.78 is 17.3. The van der Waals surface area contributed by atoms with Crippen LogP contribution >= 0.6 is 0 Å². The Morgan fingerprint density at radius 2 is 2.04 bits per heavy atom. The molecular formula is C19H19FN2O2. The summed E-state index contributed by atoms with van der Waals surface area (Å²) in [7, 11) is 1.85. The molecule has 5 heteroatoms. The van der Waals surface area contributed by atoms with Crippen LogP contribution in [0.1, 0.15) is 42.6 Å². The molecule has 0 aliphatic heterocycles. The lowest BCUT2D eigenvalue weighted by Crippen LogP contribution is -2.31. The Morgan fingerprint density at radius 3 is 2.67 bits per heavy atom. The number of hydrogen-bond acceptors (Lipinski definition) is 2. The van der Waals surface area contributed by atoms with Gasteiger partial charge < -0.3 is 9.67 Å². The van der Waals surface area contributed by atoms with Crippen LogP contribution in [-0.4, -0.2) is 20.6 Å². The first-order valence-corrected chi connectivity index (χ1v) is 8.00. The third kappa shape index (κ3) is 3.18. The van der Waals surface area contributed by atoms with Crippen LogP contribution in [0, 0.1) is 17.8 Å². The van der Waals surface area contributed by atoms with Crippen LogP contribution in [0.4, 0.5) is 4.39 Å². The van der Waals surface area contributed by atoms with Gasteiger partial charge in [-0.05, 0) is 37.7 Å². The number of nitrogens with zero attached hydrogens (tertiary/aromatic N) is 2. The van der Waals surface area contributed by atoms with E-state index in [0.717, 1.165) is 0 Å². The lowest BCUT2D eigenvalue weighted by molar-refractivity contribution is -0.143. The zero-order valence-corrected chi connectivity index (χ0v) is 13.5. The molecule has 0 saturated heterocycles. The lowest BCUT2D eigenvalue weighted by atomic mass is 9.75. The highest BCUT2D eigenvalue weighted by Gasteiger charge is 2.40. The number of aromatic nitrogens is 2. The van der Waals surface area contributed by atoms with Crippen molar-refractivity contribution in [1.82, 2.24) is 9.55 Å². The van der Waals surface area contributed by atoms with E-state index in [1.807, 2.05) is 13.1 Å². The summed E-state index contributed by atoms with van der Waals surface area (Å²) in [4.78, 5) is 15.2. The van der Waals surface area contributed by atoms with Gasteiger partial charge in [0.2, 0.25) is 0 Å². The Morgan fingerprint density at radius 1 is 1.33 bits per heavy atom. The highest BCUT2D eigenvalue weighted by Crippen LogP contribution is 2.43. The van der Waals surface area contributed by atoms with Crippen molar-refractivity contribution in [1.29, 1.82) is 0 Å². The fourth-order valence-corrected chi connectivity index (χ4v) is 3.18. The van der Waals surface area contributed by atoms with E-state index in [1.54, 1.807) is 35.2 Å². The summed E-state index contributed by atoms with van der Waals surface area (Å²) in [5, 5.41) is 9.10. The zero-order chi connectivity index (χ0) is 17.2. The first-order valence-electron chi connectivity index (χ1n) is 8.00. The molecule has 4 nitrogen and oxygen atoms in total. The standard InChI is InChI=1S/C19H19FN2O2/c1-22-13-12-21-17(22)7-6-14-4-2-3-5-16(14)19(20)10-8-15(9-11-19)18(23)24/h2-5,12-13,15H,8-11H2,1H3,(H,23,24). The fraction of sp³-hybridized carbons (Fsp3) is 0.368. The van der Waals surface area contributed by atoms with Crippen LogP contribution in [0.2, 0.25) is 0 Å². The van der Waals surface area contributed by atoms with E-state index in [-0.39, 0.29) is 12.8 Å². The lowest BCUT2D eigenvalue weighted by Gasteiger charge is -2.33. The fourth-order valence-electron chi connectivity index (χ4n) is 3.18. The molecule has 1 saturated carbocycles. The van der Waals surface area contributed by atoms with Crippen molar-refractivity contribution >= 4 is 5.97 Å². The molecule has 3 rings (SSSR count). The molecule has 24 heavy (non-hydrogen) atoms. The molecule has 1 heterocycles. The summed E-state index contributed by atoms with van der Waals surface area (Å²) in [5.74, 6) is 5.34. The van der Waals surface area contributed by atoms with Crippen molar-refractivity contribution in [3.8, 4) is 11.8 Å². The van der Waals surface area contributed by atoms with Gasteiger partial charge in [0.1, 0.15) is 5.67 Å². The topological polar surface area (TPSA) is 55.1 Å². The molecule has 1 aliphatic rings. The zero-order valence-electron chi connectivity index (χ0n) is 13.5. The van der Waals surface area contributed by atoms with Gasteiger partial charge in [0.25, 0.3) is 0 Å². The van der Waals surface area contributed by atoms with Crippen molar-refractivity contribution in [3.05, 3.63) is 53.6 Å². The summed E-state index contributed by atoms with van der Waals surface area (Å²) in [6.45, 7) is 0. The molecule has 1 fully saturated rings.